The van der Waals surface area contributed by atoms with Gasteiger partial charge in [-0.3, -0.25) is 0 Å². The van der Waals surface area contributed by atoms with E-state index < -0.39 is 19.0 Å². The van der Waals surface area contributed by atoms with E-state index in [9.17, 15) is 17.6 Å². The molecular formula is C11H14BrF4NOS. The van der Waals surface area contributed by atoms with E-state index in [1.54, 1.807) is 7.05 Å². The standard InChI is InChI=1S/C11H14BrF4NOS/c1-17-8(3-9-2-7(12)5-19-9)4-18-6-11(15,16)10(13)14/h2,5,8,10,17H,3-4,6H2,1H3. The van der Waals surface area contributed by atoms with E-state index in [-0.39, 0.29) is 12.6 Å². The van der Waals surface area contributed by atoms with Crippen molar-refractivity contribution in [2.24, 2.45) is 0 Å². The molecule has 0 amide bonds. The second-order valence-electron chi connectivity index (χ2n) is 4.00. The van der Waals surface area contributed by atoms with Crippen LogP contribution in [-0.2, 0) is 11.2 Å². The number of hydrogen-bond donors (Lipinski definition) is 1. The summed E-state index contributed by atoms with van der Waals surface area (Å²) in [5, 5.41) is 4.82. The van der Waals surface area contributed by atoms with Gasteiger partial charge in [0.15, 0.2) is 0 Å². The van der Waals surface area contributed by atoms with Gasteiger partial charge in [0.1, 0.15) is 6.61 Å². The minimum atomic E-state index is -4.09. The lowest BCUT2D eigenvalue weighted by Crippen LogP contribution is -2.37. The summed E-state index contributed by atoms with van der Waals surface area (Å²) in [7, 11) is 1.67. The molecule has 1 N–H and O–H groups in total. The fourth-order valence-electron chi connectivity index (χ4n) is 1.35. The minimum absolute atomic E-state index is 0.0473. The molecule has 0 radical (unpaired) electrons. The van der Waals surface area contributed by atoms with Crippen LogP contribution >= 0.6 is 27.3 Å². The third-order valence-electron chi connectivity index (χ3n) is 2.41. The molecule has 0 aliphatic carbocycles. The van der Waals surface area contributed by atoms with Crippen molar-refractivity contribution in [3.63, 3.8) is 0 Å². The van der Waals surface area contributed by atoms with Gasteiger partial charge in [0.2, 0.25) is 0 Å². The molecule has 0 spiro atoms. The van der Waals surface area contributed by atoms with Crippen molar-refractivity contribution >= 4 is 27.3 Å². The Morgan fingerprint density at radius 1 is 1.47 bits per heavy atom. The zero-order chi connectivity index (χ0) is 14.5. The van der Waals surface area contributed by atoms with Gasteiger partial charge in [-0.1, -0.05) is 0 Å². The summed E-state index contributed by atoms with van der Waals surface area (Å²) in [6.45, 7) is -1.31. The van der Waals surface area contributed by atoms with Gasteiger partial charge in [0.05, 0.1) is 6.61 Å². The molecule has 8 heteroatoms. The van der Waals surface area contributed by atoms with Crippen molar-refractivity contribution in [3.05, 3.63) is 20.8 Å². The molecule has 1 rings (SSSR count). The highest BCUT2D eigenvalue weighted by atomic mass is 79.9. The largest absolute Gasteiger partial charge is 0.373 e. The normalized spacial score (nSPS) is 14.1. The van der Waals surface area contributed by atoms with E-state index in [4.69, 9.17) is 4.74 Å². The number of halogens is 5. The first-order valence-corrected chi connectivity index (χ1v) is 7.16. The molecule has 0 saturated carbocycles. The van der Waals surface area contributed by atoms with Crippen molar-refractivity contribution in [2.45, 2.75) is 24.8 Å². The summed E-state index contributed by atoms with van der Waals surface area (Å²) >= 11 is 4.84. The molecule has 1 aromatic heterocycles. The van der Waals surface area contributed by atoms with Crippen molar-refractivity contribution < 1.29 is 22.3 Å². The Morgan fingerprint density at radius 2 is 2.16 bits per heavy atom. The average molecular weight is 364 g/mol. The molecule has 0 fully saturated rings. The van der Waals surface area contributed by atoms with Crippen LogP contribution in [0.25, 0.3) is 0 Å². The van der Waals surface area contributed by atoms with E-state index in [1.807, 2.05) is 11.4 Å². The van der Waals surface area contributed by atoms with Crippen molar-refractivity contribution in [3.8, 4) is 0 Å². The first-order valence-electron chi connectivity index (χ1n) is 5.49. The van der Waals surface area contributed by atoms with E-state index in [2.05, 4.69) is 21.2 Å². The number of likely N-dealkylation sites (N-methyl/N-ethyl adjacent to an activating group) is 1. The van der Waals surface area contributed by atoms with Gasteiger partial charge in [0.25, 0.3) is 0 Å². The molecule has 0 aliphatic heterocycles. The van der Waals surface area contributed by atoms with Crippen LogP contribution in [0.15, 0.2) is 15.9 Å². The van der Waals surface area contributed by atoms with Gasteiger partial charge in [-0.05, 0) is 35.5 Å². The highest BCUT2D eigenvalue weighted by Crippen LogP contribution is 2.23. The van der Waals surface area contributed by atoms with Gasteiger partial charge in [0, 0.05) is 20.8 Å². The Labute approximate surface area is 121 Å². The van der Waals surface area contributed by atoms with Crippen LogP contribution in [0.1, 0.15) is 4.88 Å². The maximum atomic E-state index is 12.6. The third-order valence-corrected chi connectivity index (χ3v) is 4.13. The summed E-state index contributed by atoms with van der Waals surface area (Å²) in [5.41, 5.74) is 0. The van der Waals surface area contributed by atoms with Crippen LogP contribution in [-0.4, -0.2) is 38.7 Å². The van der Waals surface area contributed by atoms with Gasteiger partial charge in [-0.2, -0.15) is 8.78 Å². The molecule has 0 aromatic carbocycles. The van der Waals surface area contributed by atoms with Crippen LogP contribution in [0.4, 0.5) is 17.6 Å². The maximum Gasteiger partial charge on any atom is 0.330 e. The molecule has 2 nitrogen and oxygen atoms in total. The van der Waals surface area contributed by atoms with E-state index in [0.717, 1.165) is 9.35 Å². The molecule has 1 atom stereocenters. The van der Waals surface area contributed by atoms with Crippen LogP contribution < -0.4 is 5.32 Å². The fraction of sp³-hybridized carbons (Fsp3) is 0.636. The summed E-state index contributed by atoms with van der Waals surface area (Å²) in [6.07, 6.45) is -3.11. The van der Waals surface area contributed by atoms with Gasteiger partial charge in [-0.25, -0.2) is 8.78 Å². The summed E-state index contributed by atoms with van der Waals surface area (Å²) in [4.78, 5) is 1.05. The SMILES string of the molecule is CNC(COCC(F)(F)C(F)F)Cc1cc(Br)cs1. The predicted octanol–water partition coefficient (Wildman–Crippen LogP) is 3.56. The highest BCUT2D eigenvalue weighted by molar-refractivity contribution is 9.10. The second-order valence-corrected chi connectivity index (χ2v) is 5.91. The zero-order valence-electron chi connectivity index (χ0n) is 10.1. The summed E-state index contributed by atoms with van der Waals surface area (Å²) < 4.78 is 54.7. The topological polar surface area (TPSA) is 21.3 Å². The number of rotatable bonds is 8. The van der Waals surface area contributed by atoms with Crippen molar-refractivity contribution in [1.82, 2.24) is 5.32 Å². The molecule has 1 unspecified atom stereocenters. The number of hydrogen-bond acceptors (Lipinski definition) is 3. The second kappa shape index (κ2) is 7.56. The Morgan fingerprint density at radius 3 is 2.63 bits per heavy atom. The quantitative estimate of drug-likeness (QED) is 0.713. The van der Waals surface area contributed by atoms with Crippen LogP contribution in [0.2, 0.25) is 0 Å². The van der Waals surface area contributed by atoms with Crippen LogP contribution in [0, 0.1) is 0 Å². The van der Waals surface area contributed by atoms with Gasteiger partial charge >= 0.3 is 12.3 Å². The Hall–Kier alpha value is -0.180. The molecule has 0 saturated heterocycles. The molecule has 1 heterocycles. The zero-order valence-corrected chi connectivity index (χ0v) is 12.5. The molecule has 110 valence electrons. The Kier molecular flexibility index (Phi) is 6.72. The van der Waals surface area contributed by atoms with E-state index >= 15 is 0 Å². The number of nitrogens with one attached hydrogen (secondary N) is 1. The summed E-state index contributed by atoms with van der Waals surface area (Å²) in [6, 6.07) is 1.72. The van der Waals surface area contributed by atoms with E-state index in [0.29, 0.717) is 6.42 Å². The van der Waals surface area contributed by atoms with Crippen molar-refractivity contribution in [2.75, 3.05) is 20.3 Å². The lowest BCUT2D eigenvalue weighted by Gasteiger charge is -2.19. The lowest BCUT2D eigenvalue weighted by atomic mass is 10.2. The smallest absolute Gasteiger partial charge is 0.330 e. The van der Waals surface area contributed by atoms with Gasteiger partial charge < -0.3 is 10.1 Å². The average Bonchev–Trinajstić information content (AvgIpc) is 2.73. The van der Waals surface area contributed by atoms with E-state index in [1.165, 1.54) is 11.3 Å². The predicted molar refractivity (Wildman–Crippen MR) is 70.3 cm³/mol. The molecule has 19 heavy (non-hydrogen) atoms. The molecule has 0 bridgehead atoms. The van der Waals surface area contributed by atoms with Crippen LogP contribution in [0.5, 0.6) is 0 Å². The molecular weight excluding hydrogens is 350 g/mol. The first-order chi connectivity index (χ1) is 8.85. The highest BCUT2D eigenvalue weighted by Gasteiger charge is 2.41. The first kappa shape index (κ1) is 16.9. The minimum Gasteiger partial charge on any atom is -0.373 e. The lowest BCUT2D eigenvalue weighted by molar-refractivity contribution is -0.166. The number of thiophene rings is 1. The van der Waals surface area contributed by atoms with Crippen molar-refractivity contribution in [1.29, 1.82) is 0 Å². The Bertz CT molecular complexity index is 389. The summed E-state index contributed by atoms with van der Waals surface area (Å²) in [5.74, 6) is -4.09. The van der Waals surface area contributed by atoms with Gasteiger partial charge in [-0.15, -0.1) is 11.3 Å². The molecule has 1 aromatic rings. The van der Waals surface area contributed by atoms with Crippen LogP contribution in [0.3, 0.4) is 0 Å². The Balaban J connectivity index is 2.37. The third kappa shape index (κ3) is 5.76. The maximum absolute atomic E-state index is 12.6. The monoisotopic (exact) mass is 363 g/mol. The molecule has 0 aliphatic rings. The fourth-order valence-corrected chi connectivity index (χ4v) is 2.88. The number of ether oxygens (including phenoxy) is 1. The number of alkyl halides is 4.